The summed E-state index contributed by atoms with van der Waals surface area (Å²) in [5.74, 6) is 1.25. The first-order valence-electron chi connectivity index (χ1n) is 2.83. The van der Waals surface area contributed by atoms with Crippen molar-refractivity contribution >= 4 is 0 Å². The van der Waals surface area contributed by atoms with E-state index in [9.17, 15) is 0 Å². The molecular formula is C6H14AcN-. The van der Waals surface area contributed by atoms with Gasteiger partial charge in [-0.25, -0.2) is 0 Å². The van der Waals surface area contributed by atoms with Gasteiger partial charge in [-0.05, 0) is 5.92 Å². The summed E-state index contributed by atoms with van der Waals surface area (Å²) in [7, 11) is 0. The Labute approximate surface area is 88.0 Å². The largest absolute Gasteiger partial charge is 0.677 e. The number of nitrogens with one attached hydrogen (secondary N) is 1. The van der Waals surface area contributed by atoms with Crippen LogP contribution < -0.4 is 0 Å². The summed E-state index contributed by atoms with van der Waals surface area (Å²) in [4.78, 5) is 0. The SMILES string of the molecule is CC(C)C(C)C[NH-].[Ac]. The van der Waals surface area contributed by atoms with E-state index in [4.69, 9.17) is 5.73 Å². The number of rotatable bonds is 2. The summed E-state index contributed by atoms with van der Waals surface area (Å²) in [5.41, 5.74) is 6.94. The molecule has 8 heavy (non-hydrogen) atoms. The average Bonchev–Trinajstić information content (AvgIpc) is 1.65. The topological polar surface area (TPSA) is 23.8 Å². The van der Waals surface area contributed by atoms with Crippen LogP contribution in [0.15, 0.2) is 0 Å². The van der Waals surface area contributed by atoms with E-state index in [0.29, 0.717) is 18.4 Å². The van der Waals surface area contributed by atoms with E-state index in [1.807, 2.05) is 0 Å². The van der Waals surface area contributed by atoms with Crippen LogP contribution in [-0.2, 0) is 0 Å². The molecule has 0 aromatic heterocycles. The van der Waals surface area contributed by atoms with Crippen molar-refractivity contribution < 1.29 is 44.1 Å². The second-order valence-corrected chi connectivity index (χ2v) is 2.43. The molecule has 1 atom stereocenters. The molecule has 0 spiro atoms. The Morgan fingerprint density at radius 2 is 1.62 bits per heavy atom. The Kier molecular flexibility index (Phi) is 9.87. The molecule has 1 radical (unpaired) electrons. The smallest absolute Gasteiger partial charge is 0 e. The zero-order valence-electron chi connectivity index (χ0n) is 5.94. The van der Waals surface area contributed by atoms with Gasteiger partial charge in [0.15, 0.2) is 0 Å². The Morgan fingerprint density at radius 3 is 1.62 bits per heavy atom. The fourth-order valence-electron chi connectivity index (χ4n) is 0.236. The monoisotopic (exact) mass is 327 g/mol. The van der Waals surface area contributed by atoms with E-state index >= 15 is 0 Å². The second-order valence-electron chi connectivity index (χ2n) is 2.43. The third-order valence-electron chi connectivity index (χ3n) is 1.46. The molecule has 47 valence electrons. The Morgan fingerprint density at radius 1 is 1.25 bits per heavy atom. The molecule has 1 N–H and O–H groups in total. The molecule has 0 heterocycles. The van der Waals surface area contributed by atoms with Crippen LogP contribution in [0.1, 0.15) is 20.8 Å². The van der Waals surface area contributed by atoms with Crippen LogP contribution in [0, 0.1) is 55.9 Å². The summed E-state index contributed by atoms with van der Waals surface area (Å²) < 4.78 is 0. The van der Waals surface area contributed by atoms with Crippen LogP contribution in [0.4, 0.5) is 0 Å². The van der Waals surface area contributed by atoms with E-state index < -0.39 is 0 Å². The van der Waals surface area contributed by atoms with Crippen molar-refractivity contribution in [3.63, 3.8) is 0 Å². The normalized spacial score (nSPS) is 13.1. The molecule has 0 rings (SSSR count). The van der Waals surface area contributed by atoms with E-state index in [1.165, 1.54) is 0 Å². The third-order valence-corrected chi connectivity index (χ3v) is 1.46. The Balaban J connectivity index is 0. The molecule has 2 heteroatoms. The van der Waals surface area contributed by atoms with Gasteiger partial charge in [-0.3, -0.25) is 0 Å². The van der Waals surface area contributed by atoms with Gasteiger partial charge in [-0.15, -0.1) is 6.54 Å². The number of hydrogen-bond donors (Lipinski definition) is 0. The molecule has 0 aromatic carbocycles. The van der Waals surface area contributed by atoms with Crippen LogP contribution in [-0.4, -0.2) is 6.54 Å². The van der Waals surface area contributed by atoms with E-state index in [1.54, 1.807) is 0 Å². The quantitative estimate of drug-likeness (QED) is 0.743. The first kappa shape index (κ1) is 12.1. The van der Waals surface area contributed by atoms with Crippen LogP contribution in [0.3, 0.4) is 0 Å². The van der Waals surface area contributed by atoms with E-state index in [2.05, 4.69) is 20.8 Å². The molecule has 0 bridgehead atoms. The van der Waals surface area contributed by atoms with Gasteiger partial charge in [-0.2, -0.15) is 0 Å². The number of hydrogen-bond acceptors (Lipinski definition) is 0. The molecule has 1 nitrogen and oxygen atoms in total. The molecule has 0 aromatic rings. The van der Waals surface area contributed by atoms with Gasteiger partial charge in [0.25, 0.3) is 0 Å². The third kappa shape index (κ3) is 5.54. The minimum Gasteiger partial charge on any atom is -0.677 e. The van der Waals surface area contributed by atoms with Gasteiger partial charge >= 0.3 is 0 Å². The van der Waals surface area contributed by atoms with Crippen LogP contribution in [0.5, 0.6) is 0 Å². The zero-order chi connectivity index (χ0) is 5.86. The molecule has 1 unspecified atom stereocenters. The van der Waals surface area contributed by atoms with Gasteiger partial charge in [0.05, 0.1) is 0 Å². The molecule has 0 fully saturated rings. The van der Waals surface area contributed by atoms with E-state index in [0.717, 1.165) is 0 Å². The molecule has 0 aliphatic carbocycles. The zero-order valence-corrected chi connectivity index (χ0v) is 10.7. The average molecular weight is 327 g/mol. The summed E-state index contributed by atoms with van der Waals surface area (Å²) in [6.07, 6.45) is 0. The van der Waals surface area contributed by atoms with Crippen molar-refractivity contribution in [2.75, 3.05) is 6.54 Å². The molecule has 0 saturated heterocycles. The van der Waals surface area contributed by atoms with Gasteiger partial charge < -0.3 is 5.73 Å². The summed E-state index contributed by atoms with van der Waals surface area (Å²) in [6.45, 7) is 6.98. The Hall–Kier alpha value is 1.40. The fraction of sp³-hybridized carbons (Fsp3) is 1.00. The summed E-state index contributed by atoms with van der Waals surface area (Å²) in [5, 5.41) is 0. The van der Waals surface area contributed by atoms with Crippen molar-refractivity contribution in [2.24, 2.45) is 11.8 Å². The predicted octanol–water partition coefficient (Wildman–Crippen LogP) is 2.33. The molecule has 0 amide bonds. The molecule has 0 aliphatic heterocycles. The molecule has 0 saturated carbocycles. The first-order chi connectivity index (χ1) is 3.18. The second kappa shape index (κ2) is 6.52. The maximum Gasteiger partial charge on any atom is 0 e. The predicted molar refractivity (Wildman–Crippen MR) is 33.2 cm³/mol. The maximum absolute atomic E-state index is 6.94. The molecule has 0 aliphatic rings. The van der Waals surface area contributed by atoms with Crippen LogP contribution in [0.25, 0.3) is 5.73 Å². The van der Waals surface area contributed by atoms with Crippen molar-refractivity contribution in [1.82, 2.24) is 0 Å². The van der Waals surface area contributed by atoms with Crippen molar-refractivity contribution in [3.05, 3.63) is 5.73 Å². The minimum atomic E-state index is 0. The standard InChI is InChI=1S/C6H14N.Ac/c1-5(2)6(3)4-7;/h5-7H,4H2,1-3H3;/q-1;. The van der Waals surface area contributed by atoms with Crippen LogP contribution >= 0.6 is 0 Å². The van der Waals surface area contributed by atoms with Gasteiger partial charge in [0, 0.05) is 44.1 Å². The van der Waals surface area contributed by atoms with Crippen LogP contribution in [0.2, 0.25) is 0 Å². The summed E-state index contributed by atoms with van der Waals surface area (Å²) in [6, 6.07) is 0. The van der Waals surface area contributed by atoms with Gasteiger partial charge in [-0.1, -0.05) is 26.7 Å². The molecular weight excluding hydrogens is 313 g/mol. The fourth-order valence-corrected chi connectivity index (χ4v) is 0.236. The van der Waals surface area contributed by atoms with Crippen molar-refractivity contribution in [3.8, 4) is 0 Å². The maximum atomic E-state index is 6.94. The summed E-state index contributed by atoms with van der Waals surface area (Å²) >= 11 is 0. The Bertz CT molecular complexity index is 45.8. The van der Waals surface area contributed by atoms with Gasteiger partial charge in [0.1, 0.15) is 0 Å². The van der Waals surface area contributed by atoms with Crippen molar-refractivity contribution in [2.45, 2.75) is 20.8 Å². The van der Waals surface area contributed by atoms with Gasteiger partial charge in [0.2, 0.25) is 0 Å². The minimum absolute atomic E-state index is 0. The van der Waals surface area contributed by atoms with Crippen molar-refractivity contribution in [1.29, 1.82) is 0 Å². The van der Waals surface area contributed by atoms with E-state index in [-0.39, 0.29) is 44.1 Å². The first-order valence-corrected chi connectivity index (χ1v) is 2.83.